The van der Waals surface area contributed by atoms with Gasteiger partial charge < -0.3 is 5.73 Å². The molecule has 0 spiro atoms. The minimum Gasteiger partial charge on any atom is -0.330 e. The van der Waals surface area contributed by atoms with Gasteiger partial charge in [0.25, 0.3) is 0 Å². The zero-order valence-electron chi connectivity index (χ0n) is 10.8. The first-order chi connectivity index (χ1) is 8.38. The van der Waals surface area contributed by atoms with Gasteiger partial charge in [0, 0.05) is 0 Å². The maximum atomic E-state index is 5.53. The van der Waals surface area contributed by atoms with E-state index in [4.69, 9.17) is 5.73 Å². The molecule has 0 aliphatic heterocycles. The molecular formula is C16H25N. The molecule has 1 fully saturated rings. The van der Waals surface area contributed by atoms with Crippen molar-refractivity contribution >= 4 is 0 Å². The van der Waals surface area contributed by atoms with Crippen molar-refractivity contribution in [1.82, 2.24) is 0 Å². The van der Waals surface area contributed by atoms with Crippen LogP contribution in [0.1, 0.15) is 49.7 Å². The predicted molar refractivity (Wildman–Crippen MR) is 74.1 cm³/mol. The van der Waals surface area contributed by atoms with E-state index in [-0.39, 0.29) is 0 Å². The Morgan fingerprint density at radius 3 is 2.24 bits per heavy atom. The Labute approximate surface area is 105 Å². The molecule has 1 heteroatoms. The molecule has 1 nitrogen and oxygen atoms in total. The topological polar surface area (TPSA) is 26.0 Å². The van der Waals surface area contributed by atoms with Crippen LogP contribution < -0.4 is 5.73 Å². The highest BCUT2D eigenvalue weighted by molar-refractivity contribution is 5.23. The Hall–Kier alpha value is -0.820. The fourth-order valence-corrected chi connectivity index (χ4v) is 2.87. The maximum Gasteiger partial charge on any atom is -0.00741 e. The Morgan fingerprint density at radius 1 is 0.941 bits per heavy atom. The van der Waals surface area contributed by atoms with Crippen LogP contribution in [0, 0.1) is 5.92 Å². The van der Waals surface area contributed by atoms with Crippen molar-refractivity contribution in [1.29, 1.82) is 0 Å². The molecule has 1 aromatic rings. The predicted octanol–water partition coefficient (Wildman–Crippen LogP) is 3.70. The highest BCUT2D eigenvalue weighted by Crippen LogP contribution is 2.26. The van der Waals surface area contributed by atoms with Gasteiger partial charge >= 0.3 is 0 Å². The van der Waals surface area contributed by atoms with Crippen LogP contribution in [0.4, 0.5) is 0 Å². The lowest BCUT2D eigenvalue weighted by Gasteiger charge is -2.21. The third-order valence-corrected chi connectivity index (χ3v) is 3.94. The average molecular weight is 231 g/mol. The molecule has 1 aliphatic carbocycles. The van der Waals surface area contributed by atoms with Crippen molar-refractivity contribution in [2.45, 2.75) is 51.4 Å². The van der Waals surface area contributed by atoms with Crippen LogP contribution in [0.2, 0.25) is 0 Å². The Morgan fingerprint density at radius 2 is 1.59 bits per heavy atom. The lowest BCUT2D eigenvalue weighted by atomic mass is 9.85. The van der Waals surface area contributed by atoms with Gasteiger partial charge in [-0.05, 0) is 42.9 Å². The average Bonchev–Trinajstić information content (AvgIpc) is 2.39. The number of hydrogen-bond donors (Lipinski definition) is 1. The van der Waals surface area contributed by atoms with Crippen LogP contribution in [0.25, 0.3) is 0 Å². The molecule has 0 amide bonds. The Kier molecular flexibility index (Phi) is 5.06. The summed E-state index contributed by atoms with van der Waals surface area (Å²) in [6.07, 6.45) is 10.7. The number of benzene rings is 1. The zero-order chi connectivity index (χ0) is 11.9. The van der Waals surface area contributed by atoms with Gasteiger partial charge in [-0.1, -0.05) is 56.4 Å². The van der Waals surface area contributed by atoms with E-state index >= 15 is 0 Å². The van der Waals surface area contributed by atoms with Crippen molar-refractivity contribution in [3.63, 3.8) is 0 Å². The van der Waals surface area contributed by atoms with E-state index in [0.29, 0.717) is 0 Å². The maximum absolute atomic E-state index is 5.53. The smallest absolute Gasteiger partial charge is 0.00741 e. The SMILES string of the molecule is NCCCc1ccc(CC2CCCCC2)cc1. The van der Waals surface area contributed by atoms with Gasteiger partial charge in [0.2, 0.25) is 0 Å². The molecule has 94 valence electrons. The van der Waals surface area contributed by atoms with E-state index in [1.807, 2.05) is 0 Å². The quantitative estimate of drug-likeness (QED) is 0.821. The molecule has 2 N–H and O–H groups in total. The second-order valence-corrected chi connectivity index (χ2v) is 5.42. The van der Waals surface area contributed by atoms with Crippen LogP contribution in [0.15, 0.2) is 24.3 Å². The van der Waals surface area contributed by atoms with Crippen LogP contribution in [0.3, 0.4) is 0 Å². The molecule has 0 aromatic heterocycles. The van der Waals surface area contributed by atoms with Gasteiger partial charge in [0.1, 0.15) is 0 Å². The van der Waals surface area contributed by atoms with Crippen molar-refractivity contribution in [3.05, 3.63) is 35.4 Å². The van der Waals surface area contributed by atoms with E-state index in [9.17, 15) is 0 Å². The molecule has 0 atom stereocenters. The third kappa shape index (κ3) is 4.16. The summed E-state index contributed by atoms with van der Waals surface area (Å²) in [6, 6.07) is 9.21. The minimum absolute atomic E-state index is 0.795. The molecule has 1 aliphatic rings. The van der Waals surface area contributed by atoms with Crippen molar-refractivity contribution in [2.75, 3.05) is 6.54 Å². The third-order valence-electron chi connectivity index (χ3n) is 3.94. The normalized spacial score (nSPS) is 17.2. The number of nitrogens with two attached hydrogens (primary N) is 1. The molecule has 17 heavy (non-hydrogen) atoms. The summed E-state index contributed by atoms with van der Waals surface area (Å²) >= 11 is 0. The monoisotopic (exact) mass is 231 g/mol. The number of rotatable bonds is 5. The molecule has 0 bridgehead atoms. The van der Waals surface area contributed by atoms with Crippen LogP contribution in [-0.4, -0.2) is 6.54 Å². The van der Waals surface area contributed by atoms with E-state index in [0.717, 1.165) is 25.3 Å². The molecule has 1 saturated carbocycles. The minimum atomic E-state index is 0.795. The molecule has 0 radical (unpaired) electrons. The van der Waals surface area contributed by atoms with E-state index < -0.39 is 0 Å². The standard InChI is InChI=1S/C16H25N/c17-12-4-7-14-8-10-16(11-9-14)13-15-5-2-1-3-6-15/h8-11,15H,1-7,12-13,17H2. The summed E-state index contributed by atoms with van der Waals surface area (Å²) in [5.74, 6) is 0.943. The second-order valence-electron chi connectivity index (χ2n) is 5.42. The fourth-order valence-electron chi connectivity index (χ4n) is 2.87. The molecule has 0 heterocycles. The van der Waals surface area contributed by atoms with E-state index in [1.165, 1.54) is 49.7 Å². The summed E-state index contributed by atoms with van der Waals surface area (Å²) in [7, 11) is 0. The summed E-state index contributed by atoms with van der Waals surface area (Å²) in [6.45, 7) is 0.795. The first-order valence-corrected chi connectivity index (χ1v) is 7.16. The van der Waals surface area contributed by atoms with Gasteiger partial charge in [0.05, 0.1) is 0 Å². The second kappa shape index (κ2) is 6.80. The number of aryl methyl sites for hydroxylation is 1. The summed E-state index contributed by atoms with van der Waals surface area (Å²) in [5, 5.41) is 0. The first-order valence-electron chi connectivity index (χ1n) is 7.16. The van der Waals surface area contributed by atoms with E-state index in [2.05, 4.69) is 24.3 Å². The molecule has 2 rings (SSSR count). The fraction of sp³-hybridized carbons (Fsp3) is 0.625. The van der Waals surface area contributed by atoms with Gasteiger partial charge in [-0.15, -0.1) is 0 Å². The van der Waals surface area contributed by atoms with Gasteiger partial charge in [-0.25, -0.2) is 0 Å². The van der Waals surface area contributed by atoms with Crippen LogP contribution in [-0.2, 0) is 12.8 Å². The van der Waals surface area contributed by atoms with Crippen LogP contribution >= 0.6 is 0 Å². The summed E-state index contributed by atoms with van der Waals surface area (Å²) in [4.78, 5) is 0. The highest BCUT2D eigenvalue weighted by Gasteiger charge is 2.13. The summed E-state index contributed by atoms with van der Waals surface area (Å²) < 4.78 is 0. The van der Waals surface area contributed by atoms with Gasteiger partial charge in [0.15, 0.2) is 0 Å². The molecule has 0 unspecified atom stereocenters. The highest BCUT2D eigenvalue weighted by atomic mass is 14.5. The molecule has 0 saturated heterocycles. The van der Waals surface area contributed by atoms with Crippen LogP contribution in [0.5, 0.6) is 0 Å². The van der Waals surface area contributed by atoms with Gasteiger partial charge in [-0.2, -0.15) is 0 Å². The largest absolute Gasteiger partial charge is 0.330 e. The first kappa shape index (κ1) is 12.6. The lowest BCUT2D eigenvalue weighted by molar-refractivity contribution is 0.356. The van der Waals surface area contributed by atoms with Crippen molar-refractivity contribution in [2.24, 2.45) is 11.7 Å². The van der Waals surface area contributed by atoms with Crippen molar-refractivity contribution in [3.8, 4) is 0 Å². The van der Waals surface area contributed by atoms with E-state index in [1.54, 1.807) is 0 Å². The number of hydrogen-bond acceptors (Lipinski definition) is 1. The summed E-state index contributed by atoms with van der Waals surface area (Å²) in [5.41, 5.74) is 8.48. The lowest BCUT2D eigenvalue weighted by Crippen LogP contribution is -2.09. The Bertz CT molecular complexity index is 309. The molecular weight excluding hydrogens is 206 g/mol. The Balaban J connectivity index is 1.84. The zero-order valence-corrected chi connectivity index (χ0v) is 10.8. The van der Waals surface area contributed by atoms with Crippen molar-refractivity contribution < 1.29 is 0 Å². The molecule has 1 aromatic carbocycles. The van der Waals surface area contributed by atoms with Gasteiger partial charge in [-0.3, -0.25) is 0 Å².